The number of para-hydroxylation sites is 1. The van der Waals surface area contributed by atoms with Crippen LogP contribution in [0.4, 0.5) is 18.9 Å². The van der Waals surface area contributed by atoms with E-state index in [1.807, 2.05) is 18.0 Å². The van der Waals surface area contributed by atoms with Crippen molar-refractivity contribution in [2.45, 2.75) is 19.0 Å². The Balaban J connectivity index is 2.27. The topological polar surface area (TPSA) is 38.1 Å². The van der Waals surface area contributed by atoms with Crippen molar-refractivity contribution in [2.24, 2.45) is 0 Å². The Morgan fingerprint density at radius 1 is 1.35 bits per heavy atom. The molecule has 1 aliphatic heterocycles. The van der Waals surface area contributed by atoms with E-state index in [4.69, 9.17) is 11.6 Å². The minimum absolute atomic E-state index is 0.293. The molecule has 0 N–H and O–H groups in total. The smallest absolute Gasteiger partial charge is 0.373 e. The van der Waals surface area contributed by atoms with Crippen LogP contribution in [-0.4, -0.2) is 28.6 Å². The van der Waals surface area contributed by atoms with Gasteiger partial charge in [0.2, 0.25) is 0 Å². The van der Waals surface area contributed by atoms with Crippen molar-refractivity contribution in [3.63, 3.8) is 0 Å². The van der Waals surface area contributed by atoms with E-state index in [2.05, 4.69) is 5.10 Å². The fraction of sp³-hybridized carbons (Fsp3) is 0.333. The second kappa shape index (κ2) is 5.56. The lowest BCUT2D eigenvalue weighted by Gasteiger charge is -2.30. The number of nitrogens with zero attached hydrogens (tertiary/aromatic N) is 3. The molecule has 0 atom stereocenters. The van der Waals surface area contributed by atoms with Gasteiger partial charge in [-0.2, -0.15) is 18.3 Å². The number of alkyl halides is 3. The van der Waals surface area contributed by atoms with Crippen LogP contribution < -0.4 is 4.90 Å². The summed E-state index contributed by atoms with van der Waals surface area (Å²) in [5.41, 5.74) is 0.154. The largest absolute Gasteiger partial charge is 0.434 e. The molecule has 1 aromatic carbocycles. The summed E-state index contributed by atoms with van der Waals surface area (Å²) in [4.78, 5) is 13.2. The molecule has 8 heteroatoms. The van der Waals surface area contributed by atoms with Crippen molar-refractivity contribution in [2.75, 3.05) is 18.5 Å². The molecule has 1 aromatic heterocycles. The molecule has 2 aromatic rings. The average Bonchev–Trinajstić information content (AvgIpc) is 2.92. The molecule has 0 saturated carbocycles. The van der Waals surface area contributed by atoms with E-state index in [0.717, 1.165) is 35.8 Å². The summed E-state index contributed by atoms with van der Waals surface area (Å²) in [6.07, 6.45) is -2.16. The first-order valence-electron chi connectivity index (χ1n) is 6.99. The molecule has 1 aliphatic rings. The second-order valence-electron chi connectivity index (χ2n) is 5.40. The molecule has 0 spiro atoms. The van der Waals surface area contributed by atoms with Crippen molar-refractivity contribution in [1.82, 2.24) is 9.78 Å². The van der Waals surface area contributed by atoms with Crippen molar-refractivity contribution >= 4 is 22.5 Å². The van der Waals surface area contributed by atoms with Gasteiger partial charge in [-0.25, -0.2) is 4.68 Å². The highest BCUT2D eigenvalue weighted by atomic mass is 35.5. The molecule has 122 valence electrons. The first kappa shape index (κ1) is 15.9. The van der Waals surface area contributed by atoms with Gasteiger partial charge in [0.05, 0.1) is 23.1 Å². The number of benzene rings is 1. The molecule has 0 fully saturated rings. The van der Waals surface area contributed by atoms with E-state index < -0.39 is 22.7 Å². The van der Waals surface area contributed by atoms with E-state index in [-0.39, 0.29) is 0 Å². The molecule has 0 radical (unpaired) electrons. The van der Waals surface area contributed by atoms with Crippen LogP contribution in [0.25, 0.3) is 5.69 Å². The lowest BCUT2D eigenvalue weighted by molar-refractivity contribution is -0.143. The van der Waals surface area contributed by atoms with Gasteiger partial charge in [0.1, 0.15) is 0 Å². The van der Waals surface area contributed by atoms with Crippen LogP contribution >= 0.6 is 11.6 Å². The second-order valence-corrected chi connectivity index (χ2v) is 5.74. The number of halogens is 4. The summed E-state index contributed by atoms with van der Waals surface area (Å²) in [7, 11) is 1.83. The third kappa shape index (κ3) is 2.69. The first-order chi connectivity index (χ1) is 10.8. The van der Waals surface area contributed by atoms with E-state index in [0.29, 0.717) is 11.4 Å². The molecule has 2 heterocycles. The van der Waals surface area contributed by atoms with Crippen molar-refractivity contribution in [1.29, 1.82) is 0 Å². The monoisotopic (exact) mass is 343 g/mol. The van der Waals surface area contributed by atoms with E-state index >= 15 is 0 Å². The predicted octanol–water partition coefficient (Wildman–Crippen LogP) is 3.65. The highest BCUT2D eigenvalue weighted by molar-refractivity contribution is 6.67. The zero-order chi connectivity index (χ0) is 16.8. The number of hydrogen-bond acceptors (Lipinski definition) is 3. The number of anilines is 1. The van der Waals surface area contributed by atoms with Gasteiger partial charge in [-0.3, -0.25) is 4.79 Å². The van der Waals surface area contributed by atoms with Gasteiger partial charge in [0.25, 0.3) is 5.24 Å². The van der Waals surface area contributed by atoms with Gasteiger partial charge < -0.3 is 4.90 Å². The molecular weight excluding hydrogens is 331 g/mol. The van der Waals surface area contributed by atoms with Crippen LogP contribution in [0.2, 0.25) is 0 Å². The van der Waals surface area contributed by atoms with Crippen LogP contribution in [0.1, 0.15) is 28.0 Å². The molecule has 3 rings (SSSR count). The molecule has 0 saturated heterocycles. The maximum atomic E-state index is 13.4. The maximum Gasteiger partial charge on any atom is 0.434 e. The summed E-state index contributed by atoms with van der Waals surface area (Å²) in [5, 5.41) is 2.60. The quantitative estimate of drug-likeness (QED) is 0.781. The van der Waals surface area contributed by atoms with Gasteiger partial charge in [0, 0.05) is 13.6 Å². The lowest BCUT2D eigenvalue weighted by atomic mass is 10.0. The number of carbonyl (C=O) groups is 1. The number of aryl methyl sites for hydroxylation is 1. The number of carbonyl (C=O) groups excluding carboxylic acids is 1. The minimum atomic E-state index is -4.74. The highest BCUT2D eigenvalue weighted by Gasteiger charge is 2.41. The Labute approximate surface area is 135 Å². The Morgan fingerprint density at radius 3 is 2.74 bits per heavy atom. The van der Waals surface area contributed by atoms with Gasteiger partial charge >= 0.3 is 6.18 Å². The molecule has 23 heavy (non-hydrogen) atoms. The van der Waals surface area contributed by atoms with Crippen LogP contribution in [0.5, 0.6) is 0 Å². The third-order valence-electron chi connectivity index (χ3n) is 3.90. The van der Waals surface area contributed by atoms with E-state index in [1.165, 1.54) is 0 Å². The van der Waals surface area contributed by atoms with Crippen LogP contribution in [0, 0.1) is 0 Å². The predicted molar refractivity (Wildman–Crippen MR) is 80.3 cm³/mol. The SMILES string of the molecule is CN1CCCc2cccc(-n3ncc(C(=O)Cl)c3C(F)(F)F)c21. The first-order valence-corrected chi connectivity index (χ1v) is 7.37. The zero-order valence-corrected chi connectivity index (χ0v) is 12.9. The Bertz CT molecular complexity index is 770. The standard InChI is InChI=1S/C15H13ClF3N3O/c1-21-7-3-5-9-4-2-6-11(12(9)21)22-13(15(17,18)19)10(8-20-22)14(16)23/h2,4,6,8H,3,5,7H2,1H3. The summed E-state index contributed by atoms with van der Waals surface area (Å²) >= 11 is 5.28. The number of fused-ring (bicyclic) bond motifs is 1. The molecule has 4 nitrogen and oxygen atoms in total. The highest BCUT2D eigenvalue weighted by Crippen LogP contribution is 2.38. The normalized spacial score (nSPS) is 14.7. The average molecular weight is 344 g/mol. The van der Waals surface area contributed by atoms with Gasteiger partial charge in [-0.05, 0) is 36.1 Å². The Hall–Kier alpha value is -2.02. The van der Waals surface area contributed by atoms with Crippen molar-refractivity contribution < 1.29 is 18.0 Å². The van der Waals surface area contributed by atoms with Gasteiger partial charge in [-0.15, -0.1) is 0 Å². The summed E-state index contributed by atoms with van der Waals surface area (Å²) in [6.45, 7) is 0.744. The zero-order valence-electron chi connectivity index (χ0n) is 12.2. The molecule has 0 aliphatic carbocycles. The summed E-state index contributed by atoms with van der Waals surface area (Å²) < 4.78 is 41.1. The Kier molecular flexibility index (Phi) is 3.83. The number of aromatic nitrogens is 2. The molecule has 0 amide bonds. The minimum Gasteiger partial charge on any atom is -0.373 e. The maximum absolute atomic E-state index is 13.4. The van der Waals surface area contributed by atoms with Crippen molar-refractivity contribution in [3.05, 3.63) is 41.2 Å². The summed E-state index contributed by atoms with van der Waals surface area (Å²) in [6, 6.07) is 5.14. The van der Waals surface area contributed by atoms with Crippen LogP contribution in [0.15, 0.2) is 24.4 Å². The van der Waals surface area contributed by atoms with Crippen LogP contribution in [-0.2, 0) is 12.6 Å². The fourth-order valence-electron chi connectivity index (χ4n) is 2.96. The summed E-state index contributed by atoms with van der Waals surface area (Å²) in [5.74, 6) is 0. The number of hydrogen-bond donors (Lipinski definition) is 0. The third-order valence-corrected chi connectivity index (χ3v) is 4.10. The lowest BCUT2D eigenvalue weighted by Crippen LogP contribution is -2.27. The Morgan fingerprint density at radius 2 is 2.09 bits per heavy atom. The molecular formula is C15H13ClF3N3O. The van der Waals surface area contributed by atoms with E-state index in [9.17, 15) is 18.0 Å². The molecule has 0 bridgehead atoms. The van der Waals surface area contributed by atoms with E-state index in [1.54, 1.807) is 12.1 Å². The fourth-order valence-corrected chi connectivity index (χ4v) is 3.10. The molecule has 0 unspecified atom stereocenters. The van der Waals surface area contributed by atoms with Gasteiger partial charge in [-0.1, -0.05) is 12.1 Å². The van der Waals surface area contributed by atoms with Crippen LogP contribution in [0.3, 0.4) is 0 Å². The van der Waals surface area contributed by atoms with Crippen molar-refractivity contribution in [3.8, 4) is 5.69 Å². The van der Waals surface area contributed by atoms with Gasteiger partial charge in [0.15, 0.2) is 5.69 Å². The number of rotatable bonds is 2.